The normalized spacial score (nSPS) is 23.7. The molecule has 3 N–H and O–H groups in total. The van der Waals surface area contributed by atoms with E-state index in [1.165, 1.54) is 5.56 Å². The minimum atomic E-state index is -1.33. The second-order valence-electron chi connectivity index (χ2n) is 5.22. The van der Waals surface area contributed by atoms with Crippen molar-refractivity contribution >= 4 is 5.91 Å². The largest absolute Gasteiger partial charge is 0.379 e. The molecule has 2 rings (SSSR count). The molecule has 0 bridgehead atoms. The summed E-state index contributed by atoms with van der Waals surface area (Å²) in [5.74, 6) is -0.200. The molecule has 0 aliphatic carbocycles. The summed E-state index contributed by atoms with van der Waals surface area (Å²) in [5.41, 5.74) is 5.46. The van der Waals surface area contributed by atoms with Gasteiger partial charge in [-0.3, -0.25) is 4.79 Å². The summed E-state index contributed by atoms with van der Waals surface area (Å²) in [6.45, 7) is 1.44. The van der Waals surface area contributed by atoms with E-state index in [-0.39, 0.29) is 12.5 Å². The molecule has 1 aromatic rings. The van der Waals surface area contributed by atoms with E-state index in [2.05, 4.69) is 12.1 Å². The number of aliphatic hydroxyl groups is 1. The van der Waals surface area contributed by atoms with Gasteiger partial charge in [-0.2, -0.15) is 0 Å². The highest BCUT2D eigenvalue weighted by atomic mass is 16.3. The van der Waals surface area contributed by atoms with Crippen LogP contribution in [-0.4, -0.2) is 41.1 Å². The Morgan fingerprint density at radius 1 is 1.32 bits per heavy atom. The molecule has 0 radical (unpaired) electrons. The van der Waals surface area contributed by atoms with Crippen LogP contribution in [-0.2, 0) is 11.2 Å². The molecular weight excluding hydrogens is 240 g/mol. The Morgan fingerprint density at radius 3 is 2.74 bits per heavy atom. The van der Waals surface area contributed by atoms with Crippen molar-refractivity contribution in [1.82, 2.24) is 4.90 Å². The van der Waals surface area contributed by atoms with E-state index in [1.807, 2.05) is 18.2 Å². The van der Waals surface area contributed by atoms with Gasteiger partial charge < -0.3 is 15.7 Å². The predicted octanol–water partition coefficient (Wildman–Crippen LogP) is 0.931. The summed E-state index contributed by atoms with van der Waals surface area (Å²) in [6.07, 6.45) is 3.17. The van der Waals surface area contributed by atoms with Crippen LogP contribution in [0.1, 0.15) is 24.8 Å². The minimum absolute atomic E-state index is 0.0149. The van der Waals surface area contributed by atoms with Crippen molar-refractivity contribution in [3.63, 3.8) is 0 Å². The molecule has 4 heteroatoms. The average Bonchev–Trinajstić information content (AvgIpc) is 2.45. The zero-order valence-electron chi connectivity index (χ0n) is 11.2. The average molecular weight is 262 g/mol. The molecule has 1 fully saturated rings. The highest BCUT2D eigenvalue weighted by Crippen LogP contribution is 2.21. The first kappa shape index (κ1) is 14.0. The van der Waals surface area contributed by atoms with Gasteiger partial charge in [0.2, 0.25) is 0 Å². The number of nitrogens with two attached hydrogens (primary N) is 1. The first-order valence-corrected chi connectivity index (χ1v) is 6.91. The predicted molar refractivity (Wildman–Crippen MR) is 74.6 cm³/mol. The van der Waals surface area contributed by atoms with Crippen LogP contribution in [0.2, 0.25) is 0 Å². The van der Waals surface area contributed by atoms with Crippen LogP contribution in [0.3, 0.4) is 0 Å². The lowest BCUT2D eigenvalue weighted by atomic mass is 9.92. The third-order valence-corrected chi connectivity index (χ3v) is 3.78. The van der Waals surface area contributed by atoms with Crippen LogP contribution in [0.25, 0.3) is 0 Å². The van der Waals surface area contributed by atoms with Crippen LogP contribution in [0.15, 0.2) is 30.3 Å². The zero-order valence-corrected chi connectivity index (χ0v) is 11.2. The number of hydrogen-bond donors (Lipinski definition) is 2. The molecule has 4 nitrogen and oxygen atoms in total. The molecule has 0 spiro atoms. The first-order chi connectivity index (χ1) is 9.15. The molecule has 1 amide bonds. The molecule has 0 saturated carbocycles. The Bertz CT molecular complexity index is 421. The topological polar surface area (TPSA) is 66.6 Å². The van der Waals surface area contributed by atoms with Gasteiger partial charge in [0.1, 0.15) is 0 Å². The number of piperidine rings is 1. The second-order valence-corrected chi connectivity index (χ2v) is 5.22. The minimum Gasteiger partial charge on any atom is -0.379 e. The van der Waals surface area contributed by atoms with Gasteiger partial charge in [0.05, 0.1) is 0 Å². The molecule has 1 heterocycles. The van der Waals surface area contributed by atoms with Crippen molar-refractivity contribution in [1.29, 1.82) is 0 Å². The Hall–Kier alpha value is -1.39. The van der Waals surface area contributed by atoms with Gasteiger partial charge in [-0.1, -0.05) is 30.3 Å². The van der Waals surface area contributed by atoms with E-state index in [0.29, 0.717) is 13.0 Å². The summed E-state index contributed by atoms with van der Waals surface area (Å²) in [6, 6.07) is 10.2. The number of hydrogen-bond acceptors (Lipinski definition) is 3. The molecule has 0 aromatic heterocycles. The number of carbonyl (C=O) groups is 1. The van der Waals surface area contributed by atoms with E-state index in [0.717, 1.165) is 25.8 Å². The number of amides is 1. The molecule has 1 aliphatic heterocycles. The quantitative estimate of drug-likeness (QED) is 0.829. The molecule has 1 unspecified atom stereocenters. The highest BCUT2D eigenvalue weighted by Gasteiger charge is 2.40. The summed E-state index contributed by atoms with van der Waals surface area (Å²) in [7, 11) is 0. The molecule has 104 valence electrons. The summed E-state index contributed by atoms with van der Waals surface area (Å²) >= 11 is 0. The Kier molecular flexibility index (Phi) is 4.56. The Labute approximate surface area is 114 Å². The third kappa shape index (κ3) is 3.33. The van der Waals surface area contributed by atoms with E-state index < -0.39 is 5.60 Å². The third-order valence-electron chi connectivity index (χ3n) is 3.78. The molecule has 1 atom stereocenters. The van der Waals surface area contributed by atoms with Gasteiger partial charge in [-0.15, -0.1) is 0 Å². The number of likely N-dealkylation sites (tertiary alicyclic amines) is 1. The number of nitrogens with zero attached hydrogens (tertiary/aromatic N) is 1. The van der Waals surface area contributed by atoms with Crippen LogP contribution >= 0.6 is 0 Å². The first-order valence-electron chi connectivity index (χ1n) is 6.91. The standard InChI is InChI=1S/C15H22N2O2/c16-12-15(19)9-5-11-17(14(15)18)10-4-8-13-6-2-1-3-7-13/h1-3,6-7,19H,4-5,8-12,16H2. The van der Waals surface area contributed by atoms with E-state index in [9.17, 15) is 9.90 Å². The van der Waals surface area contributed by atoms with Gasteiger partial charge >= 0.3 is 0 Å². The maximum atomic E-state index is 12.1. The monoisotopic (exact) mass is 262 g/mol. The van der Waals surface area contributed by atoms with Crippen molar-refractivity contribution in [3.8, 4) is 0 Å². The Morgan fingerprint density at radius 2 is 2.05 bits per heavy atom. The van der Waals surface area contributed by atoms with Gasteiger partial charge in [-0.25, -0.2) is 0 Å². The van der Waals surface area contributed by atoms with Crippen molar-refractivity contribution in [2.24, 2.45) is 5.73 Å². The van der Waals surface area contributed by atoms with Crippen molar-refractivity contribution in [3.05, 3.63) is 35.9 Å². The lowest BCUT2D eigenvalue weighted by molar-refractivity contribution is -0.155. The SMILES string of the molecule is NCC1(O)CCCN(CCCc2ccccc2)C1=O. The van der Waals surface area contributed by atoms with Crippen LogP contribution in [0.4, 0.5) is 0 Å². The smallest absolute Gasteiger partial charge is 0.255 e. The van der Waals surface area contributed by atoms with Gasteiger partial charge in [-0.05, 0) is 31.2 Å². The molecule has 1 aromatic carbocycles. The second kappa shape index (κ2) is 6.17. The van der Waals surface area contributed by atoms with Crippen LogP contribution in [0, 0.1) is 0 Å². The summed E-state index contributed by atoms with van der Waals surface area (Å²) in [5, 5.41) is 10.1. The fourth-order valence-electron chi connectivity index (χ4n) is 2.59. The van der Waals surface area contributed by atoms with E-state index in [1.54, 1.807) is 4.90 Å². The van der Waals surface area contributed by atoms with Gasteiger partial charge in [0, 0.05) is 19.6 Å². The fourth-order valence-corrected chi connectivity index (χ4v) is 2.59. The summed E-state index contributed by atoms with van der Waals surface area (Å²) in [4.78, 5) is 13.9. The molecule has 1 aliphatic rings. The molecular formula is C15H22N2O2. The summed E-state index contributed by atoms with van der Waals surface area (Å²) < 4.78 is 0. The number of aryl methyl sites for hydroxylation is 1. The molecule has 19 heavy (non-hydrogen) atoms. The van der Waals surface area contributed by atoms with Crippen molar-refractivity contribution in [2.75, 3.05) is 19.6 Å². The van der Waals surface area contributed by atoms with Gasteiger partial charge in [0.15, 0.2) is 5.60 Å². The maximum Gasteiger partial charge on any atom is 0.255 e. The number of carbonyl (C=O) groups excluding carboxylic acids is 1. The number of rotatable bonds is 5. The van der Waals surface area contributed by atoms with Crippen LogP contribution < -0.4 is 5.73 Å². The van der Waals surface area contributed by atoms with E-state index in [4.69, 9.17) is 5.73 Å². The van der Waals surface area contributed by atoms with Crippen molar-refractivity contribution in [2.45, 2.75) is 31.3 Å². The van der Waals surface area contributed by atoms with Gasteiger partial charge in [0.25, 0.3) is 5.91 Å². The highest BCUT2D eigenvalue weighted by molar-refractivity contribution is 5.86. The van der Waals surface area contributed by atoms with Crippen LogP contribution in [0.5, 0.6) is 0 Å². The molecule has 1 saturated heterocycles. The zero-order chi connectivity index (χ0) is 13.7. The Balaban J connectivity index is 1.84. The van der Waals surface area contributed by atoms with E-state index >= 15 is 0 Å². The number of benzene rings is 1. The van der Waals surface area contributed by atoms with Crippen molar-refractivity contribution < 1.29 is 9.90 Å². The fraction of sp³-hybridized carbons (Fsp3) is 0.533. The lowest BCUT2D eigenvalue weighted by Crippen LogP contribution is -2.57. The lowest BCUT2D eigenvalue weighted by Gasteiger charge is -2.37. The maximum absolute atomic E-state index is 12.1.